The Balaban J connectivity index is 1.89. The molecule has 1 aromatic carbocycles. The van der Waals surface area contributed by atoms with Crippen molar-refractivity contribution in [2.75, 3.05) is 6.54 Å². The Morgan fingerprint density at radius 1 is 1.21 bits per heavy atom. The number of rotatable bonds is 6. The fourth-order valence-electron chi connectivity index (χ4n) is 1.66. The van der Waals surface area contributed by atoms with Crippen molar-refractivity contribution >= 4 is 5.91 Å². The van der Waals surface area contributed by atoms with Crippen LogP contribution in [0.5, 0.6) is 0 Å². The van der Waals surface area contributed by atoms with E-state index in [1.807, 2.05) is 37.3 Å². The summed E-state index contributed by atoms with van der Waals surface area (Å²) in [7, 11) is 0. The first kappa shape index (κ1) is 13.3. The summed E-state index contributed by atoms with van der Waals surface area (Å²) in [6, 6.07) is 10.1. The lowest BCUT2D eigenvalue weighted by Gasteiger charge is -1.98. The number of carbonyl (C=O) groups excluding carboxylic acids is 1. The second-order valence-corrected chi connectivity index (χ2v) is 4.24. The highest BCUT2D eigenvalue weighted by atomic mass is 16.4. The number of aromatic nitrogens is 2. The topological polar surface area (TPSA) is 68.0 Å². The molecule has 5 nitrogen and oxygen atoms in total. The van der Waals surface area contributed by atoms with E-state index in [0.29, 0.717) is 18.9 Å². The third kappa shape index (κ3) is 3.91. The van der Waals surface area contributed by atoms with Crippen LogP contribution in [0.4, 0.5) is 0 Å². The summed E-state index contributed by atoms with van der Waals surface area (Å²) in [5.41, 5.74) is 1.21. The molecule has 0 radical (unpaired) electrons. The number of hydrogen-bond acceptors (Lipinski definition) is 4. The predicted octanol–water partition coefficient (Wildman–Crippen LogP) is 1.99. The van der Waals surface area contributed by atoms with E-state index in [4.69, 9.17) is 4.42 Å². The first-order chi connectivity index (χ1) is 9.29. The number of aryl methyl sites for hydroxylation is 2. The molecule has 0 aliphatic carbocycles. The van der Waals surface area contributed by atoms with Crippen molar-refractivity contribution < 1.29 is 9.21 Å². The molecule has 1 heterocycles. The van der Waals surface area contributed by atoms with Crippen molar-refractivity contribution in [3.8, 4) is 0 Å². The second-order valence-electron chi connectivity index (χ2n) is 4.24. The van der Waals surface area contributed by atoms with Gasteiger partial charge in [-0.05, 0) is 18.4 Å². The monoisotopic (exact) mass is 259 g/mol. The van der Waals surface area contributed by atoms with Crippen molar-refractivity contribution in [3.63, 3.8) is 0 Å². The third-order valence-corrected chi connectivity index (χ3v) is 2.67. The summed E-state index contributed by atoms with van der Waals surface area (Å²) in [6.07, 6.45) is 2.33. The highest BCUT2D eigenvalue weighted by Gasteiger charge is 2.13. The molecule has 0 saturated heterocycles. The first-order valence-corrected chi connectivity index (χ1v) is 6.44. The first-order valence-electron chi connectivity index (χ1n) is 6.44. The summed E-state index contributed by atoms with van der Waals surface area (Å²) in [6.45, 7) is 2.60. The molecule has 2 rings (SSSR count). The summed E-state index contributed by atoms with van der Waals surface area (Å²) in [5, 5.41) is 10.3. The van der Waals surface area contributed by atoms with E-state index in [0.717, 1.165) is 12.8 Å². The summed E-state index contributed by atoms with van der Waals surface area (Å²) >= 11 is 0. The zero-order valence-corrected chi connectivity index (χ0v) is 10.9. The normalized spacial score (nSPS) is 10.4. The Morgan fingerprint density at radius 3 is 2.74 bits per heavy atom. The van der Waals surface area contributed by atoms with E-state index in [1.54, 1.807) is 0 Å². The molecule has 1 amide bonds. The van der Waals surface area contributed by atoms with Gasteiger partial charge >= 0.3 is 11.8 Å². The number of carbonyl (C=O) groups is 1. The molecule has 0 saturated carbocycles. The Bertz CT molecular complexity index is 522. The van der Waals surface area contributed by atoms with Crippen LogP contribution in [0, 0.1) is 0 Å². The largest absolute Gasteiger partial charge is 0.417 e. The number of nitrogens with one attached hydrogen (secondary N) is 1. The molecule has 0 atom stereocenters. The van der Waals surface area contributed by atoms with E-state index in [-0.39, 0.29) is 11.8 Å². The quantitative estimate of drug-likeness (QED) is 0.861. The summed E-state index contributed by atoms with van der Waals surface area (Å²) in [4.78, 5) is 11.6. The molecule has 5 heteroatoms. The summed E-state index contributed by atoms with van der Waals surface area (Å²) in [5.74, 6) is 0.224. The Hall–Kier alpha value is -2.17. The number of amides is 1. The molecule has 0 fully saturated rings. The van der Waals surface area contributed by atoms with Gasteiger partial charge in [-0.1, -0.05) is 37.3 Å². The van der Waals surface area contributed by atoms with Gasteiger partial charge in [0.2, 0.25) is 5.89 Å². The van der Waals surface area contributed by atoms with Gasteiger partial charge in [0.15, 0.2) is 0 Å². The SMILES string of the molecule is CCCNC(=O)c1nnc(CCc2ccccc2)o1. The molecular formula is C14H17N3O2. The van der Waals surface area contributed by atoms with E-state index in [2.05, 4.69) is 15.5 Å². The van der Waals surface area contributed by atoms with Crippen LogP contribution in [-0.2, 0) is 12.8 Å². The van der Waals surface area contributed by atoms with Gasteiger partial charge < -0.3 is 9.73 Å². The maximum absolute atomic E-state index is 11.6. The minimum Gasteiger partial charge on any atom is -0.417 e. The second kappa shape index (κ2) is 6.68. The van der Waals surface area contributed by atoms with Crippen LogP contribution in [0.25, 0.3) is 0 Å². The maximum Gasteiger partial charge on any atom is 0.308 e. The van der Waals surface area contributed by atoms with Gasteiger partial charge in [0.1, 0.15) is 0 Å². The average Bonchev–Trinajstić information content (AvgIpc) is 2.92. The van der Waals surface area contributed by atoms with Crippen LogP contribution in [0.2, 0.25) is 0 Å². The molecule has 0 aliphatic heterocycles. The molecule has 0 aliphatic rings. The van der Waals surface area contributed by atoms with E-state index >= 15 is 0 Å². The van der Waals surface area contributed by atoms with Gasteiger partial charge in [0.25, 0.3) is 0 Å². The van der Waals surface area contributed by atoms with Crippen LogP contribution < -0.4 is 5.32 Å². The van der Waals surface area contributed by atoms with Crippen LogP contribution >= 0.6 is 0 Å². The average molecular weight is 259 g/mol. The minimum absolute atomic E-state index is 0.0384. The molecule has 0 spiro atoms. The third-order valence-electron chi connectivity index (χ3n) is 2.67. The van der Waals surface area contributed by atoms with Gasteiger partial charge in [0, 0.05) is 13.0 Å². The van der Waals surface area contributed by atoms with E-state index in [1.165, 1.54) is 5.56 Å². The predicted molar refractivity (Wildman–Crippen MR) is 70.8 cm³/mol. The summed E-state index contributed by atoms with van der Waals surface area (Å²) < 4.78 is 5.33. The fourth-order valence-corrected chi connectivity index (χ4v) is 1.66. The molecule has 19 heavy (non-hydrogen) atoms. The van der Waals surface area contributed by atoms with E-state index in [9.17, 15) is 4.79 Å². The van der Waals surface area contributed by atoms with Crippen molar-refractivity contribution in [2.24, 2.45) is 0 Å². The molecule has 1 N–H and O–H groups in total. The Labute approximate surface area is 112 Å². The molecule has 100 valence electrons. The zero-order chi connectivity index (χ0) is 13.5. The van der Waals surface area contributed by atoms with Crippen molar-refractivity contribution in [1.82, 2.24) is 15.5 Å². The van der Waals surface area contributed by atoms with Crippen LogP contribution in [0.3, 0.4) is 0 Å². The lowest BCUT2D eigenvalue weighted by Crippen LogP contribution is -2.24. The Morgan fingerprint density at radius 2 is 2.00 bits per heavy atom. The molecule has 2 aromatic rings. The molecular weight excluding hydrogens is 242 g/mol. The van der Waals surface area contributed by atoms with Crippen LogP contribution in [0.15, 0.2) is 34.7 Å². The fraction of sp³-hybridized carbons (Fsp3) is 0.357. The van der Waals surface area contributed by atoms with E-state index < -0.39 is 0 Å². The zero-order valence-electron chi connectivity index (χ0n) is 10.9. The van der Waals surface area contributed by atoms with Crippen molar-refractivity contribution in [3.05, 3.63) is 47.7 Å². The van der Waals surface area contributed by atoms with Gasteiger partial charge in [-0.3, -0.25) is 4.79 Å². The van der Waals surface area contributed by atoms with Gasteiger partial charge in [-0.15, -0.1) is 10.2 Å². The number of benzene rings is 1. The molecule has 0 bridgehead atoms. The number of nitrogens with zero attached hydrogens (tertiary/aromatic N) is 2. The molecule has 1 aromatic heterocycles. The Kier molecular flexibility index (Phi) is 4.66. The number of hydrogen-bond donors (Lipinski definition) is 1. The van der Waals surface area contributed by atoms with Crippen LogP contribution in [-0.4, -0.2) is 22.6 Å². The van der Waals surface area contributed by atoms with Crippen LogP contribution in [0.1, 0.15) is 35.5 Å². The lowest BCUT2D eigenvalue weighted by atomic mass is 10.1. The van der Waals surface area contributed by atoms with Crippen molar-refractivity contribution in [1.29, 1.82) is 0 Å². The standard InChI is InChI=1S/C14H17N3O2/c1-2-10-15-13(18)14-17-16-12(19-14)9-8-11-6-4-3-5-7-11/h3-7H,2,8-10H2,1H3,(H,15,18). The van der Waals surface area contributed by atoms with Gasteiger partial charge in [-0.25, -0.2) is 0 Å². The highest BCUT2D eigenvalue weighted by molar-refractivity contribution is 5.89. The van der Waals surface area contributed by atoms with Gasteiger partial charge in [-0.2, -0.15) is 0 Å². The lowest BCUT2D eigenvalue weighted by molar-refractivity contribution is 0.0917. The van der Waals surface area contributed by atoms with Gasteiger partial charge in [0.05, 0.1) is 0 Å². The molecule has 0 unspecified atom stereocenters. The highest BCUT2D eigenvalue weighted by Crippen LogP contribution is 2.06. The minimum atomic E-state index is -0.305. The smallest absolute Gasteiger partial charge is 0.308 e. The maximum atomic E-state index is 11.6. The van der Waals surface area contributed by atoms with Crippen molar-refractivity contribution in [2.45, 2.75) is 26.2 Å².